The number of methoxy groups -OCH3 is 1. The van der Waals surface area contributed by atoms with Crippen LogP contribution in [0.4, 0.5) is 8.78 Å². The third-order valence-corrected chi connectivity index (χ3v) is 2.27. The van der Waals surface area contributed by atoms with Crippen LogP contribution in [0.1, 0.15) is 12.5 Å². The molecule has 2 nitrogen and oxygen atoms in total. The standard InChI is InChI=1S/C12H17F2NO/c1-9(8-16-2)6-15-7-10-5-11(13)3-4-12(10)14/h3-5,9,15H,6-8H2,1-2H3. The average molecular weight is 229 g/mol. The zero-order chi connectivity index (χ0) is 12.0. The fourth-order valence-electron chi connectivity index (χ4n) is 1.48. The van der Waals surface area contributed by atoms with Gasteiger partial charge in [0.1, 0.15) is 11.6 Å². The van der Waals surface area contributed by atoms with Gasteiger partial charge >= 0.3 is 0 Å². The summed E-state index contributed by atoms with van der Waals surface area (Å²) in [5.41, 5.74) is 0.351. The minimum Gasteiger partial charge on any atom is -0.384 e. The van der Waals surface area contributed by atoms with E-state index >= 15 is 0 Å². The van der Waals surface area contributed by atoms with Crippen molar-refractivity contribution in [2.45, 2.75) is 13.5 Å². The fourth-order valence-corrected chi connectivity index (χ4v) is 1.48. The van der Waals surface area contributed by atoms with E-state index in [1.807, 2.05) is 6.92 Å². The van der Waals surface area contributed by atoms with E-state index in [0.717, 1.165) is 12.1 Å². The largest absolute Gasteiger partial charge is 0.384 e. The van der Waals surface area contributed by atoms with E-state index in [9.17, 15) is 8.78 Å². The lowest BCUT2D eigenvalue weighted by Gasteiger charge is -2.11. The van der Waals surface area contributed by atoms with Crippen molar-refractivity contribution in [3.8, 4) is 0 Å². The van der Waals surface area contributed by atoms with Crippen molar-refractivity contribution in [2.24, 2.45) is 5.92 Å². The van der Waals surface area contributed by atoms with Crippen molar-refractivity contribution in [3.63, 3.8) is 0 Å². The van der Waals surface area contributed by atoms with Crippen LogP contribution in [0.15, 0.2) is 18.2 Å². The van der Waals surface area contributed by atoms with Crippen LogP contribution in [-0.2, 0) is 11.3 Å². The number of benzene rings is 1. The summed E-state index contributed by atoms with van der Waals surface area (Å²) in [7, 11) is 1.64. The Balaban J connectivity index is 2.39. The molecule has 16 heavy (non-hydrogen) atoms. The van der Waals surface area contributed by atoms with E-state index < -0.39 is 5.82 Å². The van der Waals surface area contributed by atoms with Gasteiger partial charge in [0.05, 0.1) is 0 Å². The van der Waals surface area contributed by atoms with Gasteiger partial charge < -0.3 is 10.1 Å². The van der Waals surface area contributed by atoms with Gasteiger partial charge in [-0.15, -0.1) is 0 Å². The summed E-state index contributed by atoms with van der Waals surface area (Å²) in [4.78, 5) is 0. The number of hydrogen-bond donors (Lipinski definition) is 1. The summed E-state index contributed by atoms with van der Waals surface area (Å²) in [6, 6.07) is 3.47. The van der Waals surface area contributed by atoms with E-state index in [1.54, 1.807) is 7.11 Å². The minimum absolute atomic E-state index is 0.331. The molecule has 90 valence electrons. The van der Waals surface area contributed by atoms with Crippen LogP contribution in [0.3, 0.4) is 0 Å². The highest BCUT2D eigenvalue weighted by atomic mass is 19.1. The van der Waals surface area contributed by atoms with Crippen molar-refractivity contribution in [1.82, 2.24) is 5.32 Å². The van der Waals surface area contributed by atoms with Crippen molar-refractivity contribution in [3.05, 3.63) is 35.4 Å². The molecule has 0 saturated carbocycles. The second-order valence-corrected chi connectivity index (χ2v) is 3.93. The molecule has 0 saturated heterocycles. The highest BCUT2D eigenvalue weighted by Crippen LogP contribution is 2.09. The topological polar surface area (TPSA) is 21.3 Å². The maximum atomic E-state index is 13.2. The quantitative estimate of drug-likeness (QED) is 0.808. The van der Waals surface area contributed by atoms with Crippen LogP contribution in [0.2, 0.25) is 0 Å². The number of nitrogens with one attached hydrogen (secondary N) is 1. The van der Waals surface area contributed by atoms with Gasteiger partial charge in [-0.1, -0.05) is 6.92 Å². The van der Waals surface area contributed by atoms with Gasteiger partial charge in [0.2, 0.25) is 0 Å². The normalized spacial score (nSPS) is 12.8. The van der Waals surface area contributed by atoms with Crippen LogP contribution < -0.4 is 5.32 Å². The molecule has 4 heteroatoms. The first-order valence-corrected chi connectivity index (χ1v) is 5.27. The molecule has 0 amide bonds. The molecule has 1 unspecified atom stereocenters. The molecule has 1 N–H and O–H groups in total. The van der Waals surface area contributed by atoms with Crippen LogP contribution in [-0.4, -0.2) is 20.3 Å². The van der Waals surface area contributed by atoms with E-state index in [-0.39, 0.29) is 5.82 Å². The second-order valence-electron chi connectivity index (χ2n) is 3.93. The van der Waals surface area contributed by atoms with Gasteiger partial charge in [0.25, 0.3) is 0 Å². The Morgan fingerprint density at radius 2 is 2.12 bits per heavy atom. The number of halogens is 2. The predicted octanol–water partition coefficient (Wildman–Crippen LogP) is 2.34. The zero-order valence-electron chi connectivity index (χ0n) is 9.59. The Labute approximate surface area is 94.6 Å². The number of hydrogen-bond acceptors (Lipinski definition) is 2. The Morgan fingerprint density at radius 1 is 1.38 bits per heavy atom. The van der Waals surface area contributed by atoms with E-state index in [4.69, 9.17) is 4.74 Å². The molecule has 1 rings (SSSR count). The van der Waals surface area contributed by atoms with Crippen LogP contribution in [0, 0.1) is 17.6 Å². The van der Waals surface area contributed by atoms with Gasteiger partial charge in [0.15, 0.2) is 0 Å². The van der Waals surface area contributed by atoms with Gasteiger partial charge in [-0.3, -0.25) is 0 Å². The van der Waals surface area contributed by atoms with E-state index in [0.29, 0.717) is 31.2 Å². The lowest BCUT2D eigenvalue weighted by atomic mass is 10.1. The van der Waals surface area contributed by atoms with Gasteiger partial charge in [-0.25, -0.2) is 8.78 Å². The maximum Gasteiger partial charge on any atom is 0.127 e. The summed E-state index contributed by atoms with van der Waals surface area (Å²) in [5, 5.41) is 3.07. The summed E-state index contributed by atoms with van der Waals surface area (Å²) in [6.07, 6.45) is 0. The van der Waals surface area contributed by atoms with Crippen LogP contribution in [0.25, 0.3) is 0 Å². The molecule has 1 aromatic carbocycles. The van der Waals surface area contributed by atoms with Crippen LogP contribution >= 0.6 is 0 Å². The van der Waals surface area contributed by atoms with Gasteiger partial charge in [0, 0.05) is 32.4 Å². The summed E-state index contributed by atoms with van der Waals surface area (Å²) >= 11 is 0. The van der Waals surface area contributed by atoms with Gasteiger partial charge in [-0.05, 0) is 24.1 Å². The Morgan fingerprint density at radius 3 is 2.81 bits per heavy atom. The molecular formula is C12H17F2NO. The lowest BCUT2D eigenvalue weighted by Crippen LogP contribution is -2.23. The Bertz CT molecular complexity index is 331. The number of ether oxygens (including phenoxy) is 1. The molecule has 0 spiro atoms. The third-order valence-electron chi connectivity index (χ3n) is 2.27. The monoisotopic (exact) mass is 229 g/mol. The Hall–Kier alpha value is -1.00. The maximum absolute atomic E-state index is 13.2. The first-order valence-electron chi connectivity index (χ1n) is 5.27. The van der Waals surface area contributed by atoms with Crippen LogP contribution in [0.5, 0.6) is 0 Å². The summed E-state index contributed by atoms with van der Waals surface area (Å²) in [6.45, 7) is 3.72. The molecule has 0 fully saturated rings. The van der Waals surface area contributed by atoms with Crippen molar-refractivity contribution < 1.29 is 13.5 Å². The SMILES string of the molecule is COCC(C)CNCc1cc(F)ccc1F. The third kappa shape index (κ3) is 4.24. The lowest BCUT2D eigenvalue weighted by molar-refractivity contribution is 0.158. The molecule has 0 radical (unpaired) electrons. The molecule has 0 aliphatic carbocycles. The minimum atomic E-state index is -0.414. The molecule has 1 atom stereocenters. The number of rotatable bonds is 6. The van der Waals surface area contributed by atoms with Gasteiger partial charge in [-0.2, -0.15) is 0 Å². The molecule has 0 aliphatic heterocycles. The summed E-state index contributed by atoms with van der Waals surface area (Å²) in [5.74, 6) is -0.446. The van der Waals surface area contributed by atoms with Crippen molar-refractivity contribution >= 4 is 0 Å². The first kappa shape index (κ1) is 13.1. The second kappa shape index (κ2) is 6.55. The molecule has 0 aliphatic rings. The Kier molecular flexibility index (Phi) is 5.35. The molecule has 0 aromatic heterocycles. The zero-order valence-corrected chi connectivity index (χ0v) is 9.59. The summed E-state index contributed by atoms with van der Waals surface area (Å²) < 4.78 is 31.0. The average Bonchev–Trinajstić information content (AvgIpc) is 2.23. The van der Waals surface area contributed by atoms with E-state index in [1.165, 1.54) is 6.07 Å². The first-order chi connectivity index (χ1) is 7.63. The van der Waals surface area contributed by atoms with Crippen molar-refractivity contribution in [1.29, 1.82) is 0 Å². The molecule has 0 heterocycles. The highest BCUT2D eigenvalue weighted by molar-refractivity contribution is 5.18. The fraction of sp³-hybridized carbons (Fsp3) is 0.500. The predicted molar refractivity (Wildman–Crippen MR) is 59.1 cm³/mol. The highest BCUT2D eigenvalue weighted by Gasteiger charge is 2.05. The van der Waals surface area contributed by atoms with Crippen molar-refractivity contribution in [2.75, 3.05) is 20.3 Å². The van der Waals surface area contributed by atoms with E-state index in [2.05, 4.69) is 5.32 Å². The molecular weight excluding hydrogens is 212 g/mol. The molecule has 0 bridgehead atoms. The molecule has 1 aromatic rings. The smallest absolute Gasteiger partial charge is 0.127 e.